The van der Waals surface area contributed by atoms with Crippen LogP contribution < -0.4 is 5.73 Å². The Morgan fingerprint density at radius 2 is 2.10 bits per heavy atom. The van der Waals surface area contributed by atoms with Gasteiger partial charge in [0.15, 0.2) is 0 Å². The van der Waals surface area contributed by atoms with E-state index >= 15 is 0 Å². The molecule has 0 saturated heterocycles. The molecule has 1 saturated carbocycles. The maximum absolute atomic E-state index is 13.2. The lowest BCUT2D eigenvalue weighted by Gasteiger charge is -2.28. The van der Waals surface area contributed by atoms with Crippen LogP contribution in [0, 0.1) is 5.82 Å². The molecule has 0 unspecified atom stereocenters. The van der Waals surface area contributed by atoms with Crippen molar-refractivity contribution in [1.29, 1.82) is 0 Å². The van der Waals surface area contributed by atoms with Gasteiger partial charge in [-0.1, -0.05) is 25.0 Å². The van der Waals surface area contributed by atoms with Crippen LogP contribution in [0.15, 0.2) is 24.3 Å². The van der Waals surface area contributed by atoms with Gasteiger partial charge in [0.05, 0.1) is 0 Å². The van der Waals surface area contributed by atoms with Crippen LogP contribution in [0.2, 0.25) is 0 Å². The molecular weight excluding hydrogens is 255 g/mol. The summed E-state index contributed by atoms with van der Waals surface area (Å²) < 4.78 is 13.2. The molecule has 0 bridgehead atoms. The van der Waals surface area contributed by atoms with Crippen LogP contribution in [0.4, 0.5) is 4.39 Å². The molecule has 1 aromatic carbocycles. The second-order valence-electron chi connectivity index (χ2n) is 5.78. The maximum atomic E-state index is 13.2. The highest BCUT2D eigenvalue weighted by Crippen LogP contribution is 2.30. The van der Waals surface area contributed by atoms with E-state index in [1.165, 1.54) is 12.1 Å². The van der Waals surface area contributed by atoms with Crippen LogP contribution >= 0.6 is 0 Å². The van der Waals surface area contributed by atoms with Crippen molar-refractivity contribution in [2.24, 2.45) is 5.73 Å². The van der Waals surface area contributed by atoms with E-state index in [1.807, 2.05) is 13.0 Å². The second kappa shape index (κ2) is 6.35. The van der Waals surface area contributed by atoms with Crippen molar-refractivity contribution in [3.8, 4) is 0 Å². The van der Waals surface area contributed by atoms with Gasteiger partial charge in [-0.15, -0.1) is 0 Å². The van der Waals surface area contributed by atoms with Crippen LogP contribution in [0.1, 0.15) is 44.6 Å². The summed E-state index contributed by atoms with van der Waals surface area (Å²) in [5.41, 5.74) is 6.75. The number of carbonyl (C=O) groups is 1. The summed E-state index contributed by atoms with van der Waals surface area (Å²) in [6.07, 6.45) is 4.47. The van der Waals surface area contributed by atoms with Crippen molar-refractivity contribution in [3.05, 3.63) is 35.6 Å². The van der Waals surface area contributed by atoms with Crippen LogP contribution in [0.3, 0.4) is 0 Å². The second-order valence-corrected chi connectivity index (χ2v) is 5.78. The first kappa shape index (κ1) is 15.0. The summed E-state index contributed by atoms with van der Waals surface area (Å²) in [7, 11) is 0. The van der Waals surface area contributed by atoms with Gasteiger partial charge in [0.1, 0.15) is 5.82 Å². The minimum absolute atomic E-state index is 0.0705. The van der Waals surface area contributed by atoms with E-state index in [9.17, 15) is 9.18 Å². The van der Waals surface area contributed by atoms with Gasteiger partial charge < -0.3 is 10.6 Å². The molecule has 110 valence electrons. The van der Waals surface area contributed by atoms with E-state index in [0.29, 0.717) is 19.5 Å². The third-order valence-electron chi connectivity index (χ3n) is 4.10. The number of hydrogen-bond donors (Lipinski definition) is 1. The minimum atomic E-state index is -0.327. The Bertz CT molecular complexity index is 469. The van der Waals surface area contributed by atoms with E-state index in [-0.39, 0.29) is 17.3 Å². The normalized spacial score (nSPS) is 17.1. The average Bonchev–Trinajstić information content (AvgIpc) is 2.82. The van der Waals surface area contributed by atoms with Gasteiger partial charge in [0.25, 0.3) is 0 Å². The van der Waals surface area contributed by atoms with E-state index in [1.54, 1.807) is 11.0 Å². The Hall–Kier alpha value is -1.42. The Morgan fingerprint density at radius 3 is 2.70 bits per heavy atom. The molecule has 0 aliphatic heterocycles. The van der Waals surface area contributed by atoms with Crippen molar-refractivity contribution in [3.63, 3.8) is 0 Å². The summed E-state index contributed by atoms with van der Waals surface area (Å²) in [6, 6.07) is 6.40. The number of hydrogen-bond acceptors (Lipinski definition) is 2. The third-order valence-corrected chi connectivity index (χ3v) is 4.10. The molecule has 0 spiro atoms. The lowest BCUT2D eigenvalue weighted by molar-refractivity contribution is -0.132. The van der Waals surface area contributed by atoms with Crippen LogP contribution in [0.25, 0.3) is 0 Å². The van der Waals surface area contributed by atoms with Gasteiger partial charge in [-0.25, -0.2) is 4.39 Å². The summed E-state index contributed by atoms with van der Waals surface area (Å²) in [4.78, 5) is 14.1. The van der Waals surface area contributed by atoms with Crippen molar-refractivity contribution in [2.75, 3.05) is 6.54 Å². The number of benzene rings is 1. The monoisotopic (exact) mass is 278 g/mol. The molecule has 0 heterocycles. The Balaban J connectivity index is 1.98. The van der Waals surface area contributed by atoms with Gasteiger partial charge in [-0.3, -0.25) is 4.79 Å². The molecular formula is C16H23FN2O. The van der Waals surface area contributed by atoms with E-state index in [2.05, 4.69) is 0 Å². The first-order valence-electron chi connectivity index (χ1n) is 7.33. The van der Waals surface area contributed by atoms with E-state index < -0.39 is 0 Å². The summed E-state index contributed by atoms with van der Waals surface area (Å²) in [6.45, 7) is 3.00. The fourth-order valence-corrected chi connectivity index (χ4v) is 2.90. The van der Waals surface area contributed by atoms with Gasteiger partial charge in [0.2, 0.25) is 5.91 Å². The highest BCUT2D eigenvalue weighted by molar-refractivity contribution is 5.77. The first-order valence-corrected chi connectivity index (χ1v) is 7.33. The molecule has 1 aliphatic rings. The third kappa shape index (κ3) is 3.79. The number of rotatable bonds is 5. The Morgan fingerprint density at radius 1 is 1.40 bits per heavy atom. The van der Waals surface area contributed by atoms with Crippen molar-refractivity contribution in [2.45, 2.75) is 51.1 Å². The molecule has 3 nitrogen and oxygen atoms in total. The smallest absolute Gasteiger partial charge is 0.224 e. The van der Waals surface area contributed by atoms with Crippen molar-refractivity contribution >= 4 is 5.91 Å². The fraction of sp³-hybridized carbons (Fsp3) is 0.562. The molecule has 4 heteroatoms. The first-order chi connectivity index (χ1) is 9.52. The van der Waals surface area contributed by atoms with E-state index in [4.69, 9.17) is 5.73 Å². The van der Waals surface area contributed by atoms with Crippen LogP contribution in [-0.4, -0.2) is 22.9 Å². The quantitative estimate of drug-likeness (QED) is 0.900. The number of halogens is 1. The summed E-state index contributed by atoms with van der Waals surface area (Å²) in [5.74, 6) is -0.196. The Kier molecular flexibility index (Phi) is 4.76. The Labute approximate surface area is 120 Å². The van der Waals surface area contributed by atoms with Crippen molar-refractivity contribution < 1.29 is 9.18 Å². The van der Waals surface area contributed by atoms with Gasteiger partial charge in [-0.2, -0.15) is 0 Å². The predicted octanol–water partition coefficient (Wildman–Crippen LogP) is 2.84. The number of carbonyl (C=O) groups excluding carboxylic acids is 1. The van der Waals surface area contributed by atoms with Crippen LogP contribution in [-0.2, 0) is 11.3 Å². The highest BCUT2D eigenvalue weighted by Gasteiger charge is 2.33. The predicted molar refractivity (Wildman–Crippen MR) is 77.5 cm³/mol. The number of amides is 1. The summed E-state index contributed by atoms with van der Waals surface area (Å²) >= 11 is 0. The standard InChI is InChI=1S/C16H23FN2O/c1-2-19(12-13-6-5-7-14(17)10-13)15(20)11-16(18)8-3-4-9-16/h5-7,10H,2-4,8-9,11-12,18H2,1H3. The SMILES string of the molecule is CCN(Cc1cccc(F)c1)C(=O)CC1(N)CCCC1. The largest absolute Gasteiger partial charge is 0.339 e. The van der Waals surface area contributed by atoms with Crippen molar-refractivity contribution in [1.82, 2.24) is 4.90 Å². The zero-order valence-corrected chi connectivity index (χ0v) is 12.1. The van der Waals surface area contributed by atoms with Gasteiger partial charge >= 0.3 is 0 Å². The van der Waals surface area contributed by atoms with Gasteiger partial charge in [0, 0.05) is 25.0 Å². The molecule has 0 radical (unpaired) electrons. The molecule has 2 N–H and O–H groups in total. The molecule has 1 fully saturated rings. The molecule has 0 atom stereocenters. The molecule has 1 aliphatic carbocycles. The highest BCUT2D eigenvalue weighted by atomic mass is 19.1. The van der Waals surface area contributed by atoms with E-state index in [0.717, 1.165) is 31.2 Å². The zero-order valence-electron chi connectivity index (χ0n) is 12.1. The molecule has 1 aromatic rings. The topological polar surface area (TPSA) is 46.3 Å². The molecule has 2 rings (SSSR count). The average molecular weight is 278 g/mol. The van der Waals surface area contributed by atoms with Crippen LogP contribution in [0.5, 0.6) is 0 Å². The summed E-state index contributed by atoms with van der Waals surface area (Å²) in [5, 5.41) is 0. The lowest BCUT2D eigenvalue weighted by Crippen LogP contribution is -2.43. The molecule has 0 aromatic heterocycles. The fourth-order valence-electron chi connectivity index (χ4n) is 2.90. The lowest BCUT2D eigenvalue weighted by atomic mass is 9.94. The maximum Gasteiger partial charge on any atom is 0.224 e. The number of nitrogens with zero attached hydrogens (tertiary/aromatic N) is 1. The number of nitrogens with two attached hydrogens (primary N) is 1. The minimum Gasteiger partial charge on any atom is -0.339 e. The molecule has 20 heavy (non-hydrogen) atoms. The van der Waals surface area contributed by atoms with Gasteiger partial charge in [-0.05, 0) is 37.5 Å². The zero-order chi connectivity index (χ0) is 14.6. The molecule has 1 amide bonds.